The third kappa shape index (κ3) is 6.35. The van der Waals surface area contributed by atoms with Gasteiger partial charge < -0.3 is 14.6 Å². The summed E-state index contributed by atoms with van der Waals surface area (Å²) in [5.74, 6) is -1.77. The smallest absolute Gasteiger partial charge is 0.416 e. The molecule has 1 aromatic heterocycles. The first kappa shape index (κ1) is 22.5. The topological polar surface area (TPSA) is 99.8 Å². The maximum atomic E-state index is 12.7. The molecule has 0 radical (unpaired) electrons. The molecule has 0 aliphatic carbocycles. The predicted molar refractivity (Wildman–Crippen MR) is 98.3 cm³/mol. The molecule has 6 nitrogen and oxygen atoms in total. The number of carboxylic acids is 2. The average Bonchev–Trinajstić information content (AvgIpc) is 3.07. The predicted octanol–water partition coefficient (Wildman–Crippen LogP) is 4.05. The van der Waals surface area contributed by atoms with Crippen LogP contribution in [0.25, 0.3) is 11.3 Å². The van der Waals surface area contributed by atoms with Gasteiger partial charge in [0.1, 0.15) is 23.6 Å². The first-order valence-electron chi connectivity index (χ1n) is 8.95. The van der Waals surface area contributed by atoms with Crippen LogP contribution >= 0.6 is 0 Å². The van der Waals surface area contributed by atoms with Gasteiger partial charge in [-0.25, -0.2) is 0 Å². The molecule has 1 heterocycles. The molecule has 0 aliphatic rings. The van der Waals surface area contributed by atoms with Crippen LogP contribution in [0.3, 0.4) is 0 Å². The number of halogens is 3. The van der Waals surface area contributed by atoms with Crippen molar-refractivity contribution in [2.45, 2.75) is 44.9 Å². The van der Waals surface area contributed by atoms with Crippen molar-refractivity contribution in [3.05, 3.63) is 47.7 Å². The number of rotatable bonds is 9. The van der Waals surface area contributed by atoms with Crippen molar-refractivity contribution in [3.8, 4) is 11.3 Å². The van der Waals surface area contributed by atoms with Gasteiger partial charge in [0.25, 0.3) is 0 Å². The number of carbonyl (C=O) groups is 2. The summed E-state index contributed by atoms with van der Waals surface area (Å²) in [6.07, 6.45) is -4.30. The number of hydrogen-bond acceptors (Lipinski definition) is 4. The first-order chi connectivity index (χ1) is 13.5. The van der Waals surface area contributed by atoms with Gasteiger partial charge in [-0.3, -0.25) is 14.9 Å². The summed E-state index contributed by atoms with van der Waals surface area (Å²) >= 11 is 0. The van der Waals surface area contributed by atoms with Crippen molar-refractivity contribution in [1.29, 1.82) is 0 Å². The first-order valence-corrected chi connectivity index (χ1v) is 8.95. The summed E-state index contributed by atoms with van der Waals surface area (Å²) in [4.78, 5) is 22.9. The van der Waals surface area contributed by atoms with E-state index in [1.807, 2.05) is 13.8 Å². The molecule has 3 N–H and O–H groups in total. The highest BCUT2D eigenvalue weighted by molar-refractivity contribution is 5.77. The molecule has 158 valence electrons. The summed E-state index contributed by atoms with van der Waals surface area (Å²) < 4.78 is 43.5. The minimum Gasteiger partial charge on any atom is -0.480 e. The molecule has 9 heteroatoms. The zero-order chi connectivity index (χ0) is 21.8. The molecule has 1 aromatic carbocycles. The summed E-state index contributed by atoms with van der Waals surface area (Å²) in [6, 6.07) is 5.22. The van der Waals surface area contributed by atoms with Crippen LogP contribution in [0.1, 0.15) is 31.6 Å². The molecular weight excluding hydrogens is 391 g/mol. The third-order valence-corrected chi connectivity index (χ3v) is 4.27. The van der Waals surface area contributed by atoms with Crippen molar-refractivity contribution >= 4 is 11.9 Å². The molecule has 0 aliphatic heterocycles. The van der Waals surface area contributed by atoms with E-state index in [9.17, 15) is 33.0 Å². The van der Waals surface area contributed by atoms with Crippen LogP contribution in [-0.4, -0.2) is 34.2 Å². The Labute approximate surface area is 165 Å². The van der Waals surface area contributed by atoms with Crippen LogP contribution in [-0.2, 0) is 22.2 Å². The molecule has 2 atom stereocenters. The molecule has 0 spiro atoms. The van der Waals surface area contributed by atoms with E-state index >= 15 is 0 Å². The number of benzene rings is 1. The normalized spacial score (nSPS) is 14.0. The summed E-state index contributed by atoms with van der Waals surface area (Å²) in [5.41, 5.74) is -0.375. The van der Waals surface area contributed by atoms with E-state index in [0.717, 1.165) is 12.1 Å². The molecule has 2 unspecified atom stereocenters. The molecule has 0 amide bonds. The zero-order valence-corrected chi connectivity index (χ0v) is 15.9. The second-order valence-corrected chi connectivity index (χ2v) is 7.12. The van der Waals surface area contributed by atoms with Crippen LogP contribution in [0.5, 0.6) is 0 Å². The van der Waals surface area contributed by atoms with Crippen molar-refractivity contribution in [3.63, 3.8) is 0 Å². The Morgan fingerprint density at radius 2 is 1.59 bits per heavy atom. The largest absolute Gasteiger partial charge is 0.480 e. The third-order valence-electron chi connectivity index (χ3n) is 4.27. The van der Waals surface area contributed by atoms with Gasteiger partial charge in [0.15, 0.2) is 0 Å². The van der Waals surface area contributed by atoms with Crippen molar-refractivity contribution in [2.24, 2.45) is 5.92 Å². The average molecular weight is 413 g/mol. The molecule has 2 rings (SSSR count). The van der Waals surface area contributed by atoms with Crippen LogP contribution in [0, 0.1) is 5.92 Å². The Hall–Kier alpha value is -2.81. The number of carboxylic acid groups (broad SMARTS) is 2. The lowest BCUT2D eigenvalue weighted by Crippen LogP contribution is -2.48. The van der Waals surface area contributed by atoms with E-state index in [2.05, 4.69) is 5.32 Å². The van der Waals surface area contributed by atoms with Crippen LogP contribution < -0.4 is 5.32 Å². The maximum absolute atomic E-state index is 12.7. The number of alkyl halides is 3. The van der Waals surface area contributed by atoms with Gasteiger partial charge in [0.2, 0.25) is 0 Å². The number of hydrogen-bond donors (Lipinski definition) is 3. The Morgan fingerprint density at radius 3 is 2.07 bits per heavy atom. The molecule has 0 saturated heterocycles. The van der Waals surface area contributed by atoms with Gasteiger partial charge >= 0.3 is 18.1 Å². The second kappa shape index (κ2) is 9.13. The zero-order valence-electron chi connectivity index (χ0n) is 15.9. The molecular formula is C20H22F3NO5. The SMILES string of the molecule is CC(C)CC(NC(Cc1ccc(-c2ccc(C(F)(F)F)cc2)o1)C(=O)O)C(=O)O. The van der Waals surface area contributed by atoms with E-state index in [-0.39, 0.29) is 30.3 Å². The highest BCUT2D eigenvalue weighted by atomic mass is 19.4. The number of furan rings is 1. The van der Waals surface area contributed by atoms with Crippen molar-refractivity contribution in [2.75, 3.05) is 0 Å². The Bertz CT molecular complexity index is 843. The maximum Gasteiger partial charge on any atom is 0.416 e. The molecule has 0 saturated carbocycles. The lowest BCUT2D eigenvalue weighted by atomic mass is 10.0. The standard InChI is InChI=1S/C20H22F3NO5/c1-11(2)9-15(18(25)26)24-16(19(27)28)10-14-7-8-17(29-14)12-3-5-13(6-4-12)20(21,22)23/h3-8,11,15-16,24H,9-10H2,1-2H3,(H,25,26)(H,27,28). The molecule has 0 bridgehead atoms. The van der Waals surface area contributed by atoms with Gasteiger partial charge in [0, 0.05) is 12.0 Å². The fourth-order valence-electron chi connectivity index (χ4n) is 2.84. The van der Waals surface area contributed by atoms with Crippen LogP contribution in [0.15, 0.2) is 40.8 Å². The fraction of sp³-hybridized carbons (Fsp3) is 0.400. The van der Waals surface area contributed by atoms with Gasteiger partial charge in [-0.15, -0.1) is 0 Å². The number of aliphatic carboxylic acids is 2. The van der Waals surface area contributed by atoms with Gasteiger partial charge in [-0.05, 0) is 36.6 Å². The summed E-state index contributed by atoms with van der Waals surface area (Å²) in [7, 11) is 0. The highest BCUT2D eigenvalue weighted by Gasteiger charge is 2.30. The van der Waals surface area contributed by atoms with Crippen molar-refractivity contribution < 1.29 is 37.4 Å². The van der Waals surface area contributed by atoms with E-state index in [4.69, 9.17) is 4.42 Å². The van der Waals surface area contributed by atoms with E-state index in [1.54, 1.807) is 0 Å². The van der Waals surface area contributed by atoms with Gasteiger partial charge in [0.05, 0.1) is 5.56 Å². The Morgan fingerprint density at radius 1 is 1.00 bits per heavy atom. The van der Waals surface area contributed by atoms with Crippen molar-refractivity contribution in [1.82, 2.24) is 5.32 Å². The summed E-state index contributed by atoms with van der Waals surface area (Å²) in [6.45, 7) is 3.66. The summed E-state index contributed by atoms with van der Waals surface area (Å²) in [5, 5.41) is 21.3. The Balaban J connectivity index is 2.13. The molecule has 2 aromatic rings. The lowest BCUT2D eigenvalue weighted by Gasteiger charge is -2.21. The van der Waals surface area contributed by atoms with Crippen LogP contribution in [0.2, 0.25) is 0 Å². The monoisotopic (exact) mass is 413 g/mol. The van der Waals surface area contributed by atoms with Crippen LogP contribution in [0.4, 0.5) is 13.2 Å². The second-order valence-electron chi connectivity index (χ2n) is 7.12. The minimum atomic E-state index is -4.44. The van der Waals surface area contributed by atoms with E-state index in [1.165, 1.54) is 24.3 Å². The van der Waals surface area contributed by atoms with E-state index in [0.29, 0.717) is 5.56 Å². The fourth-order valence-corrected chi connectivity index (χ4v) is 2.84. The molecule has 0 fully saturated rings. The number of nitrogens with one attached hydrogen (secondary N) is 1. The highest BCUT2D eigenvalue weighted by Crippen LogP contribution is 2.31. The van der Waals surface area contributed by atoms with Gasteiger partial charge in [-0.1, -0.05) is 26.0 Å². The quantitative estimate of drug-likeness (QED) is 0.574. The van der Waals surface area contributed by atoms with E-state index < -0.39 is 35.8 Å². The molecule has 29 heavy (non-hydrogen) atoms. The van der Waals surface area contributed by atoms with Gasteiger partial charge in [-0.2, -0.15) is 13.2 Å². The Kier molecular flexibility index (Phi) is 7.07. The minimum absolute atomic E-state index is 0.0490. The lowest BCUT2D eigenvalue weighted by molar-refractivity contribution is -0.143.